The van der Waals surface area contributed by atoms with Crippen LogP contribution in [0.15, 0.2) is 6.07 Å². The zero-order valence-electron chi connectivity index (χ0n) is 8.83. The van der Waals surface area contributed by atoms with Crippen LogP contribution in [-0.2, 0) is 12.2 Å². The van der Waals surface area contributed by atoms with Crippen LogP contribution < -0.4 is 0 Å². The summed E-state index contributed by atoms with van der Waals surface area (Å²) in [5.74, 6) is 1.91. The normalized spacial score (nSPS) is 10.9. The molecule has 0 saturated carbocycles. The summed E-state index contributed by atoms with van der Waals surface area (Å²) in [6.07, 6.45) is 0.978. The zero-order chi connectivity index (χ0) is 10.6. The molecule has 0 atom stereocenters. The Bertz CT molecular complexity index is 344. The summed E-state index contributed by atoms with van der Waals surface area (Å²) < 4.78 is 0.694. The van der Waals surface area contributed by atoms with Gasteiger partial charge >= 0.3 is 0 Å². The second-order valence-electron chi connectivity index (χ2n) is 3.40. The van der Waals surface area contributed by atoms with Crippen molar-refractivity contribution in [2.45, 2.75) is 38.2 Å². The number of nitrogens with zero attached hydrogens (tertiary/aromatic N) is 1. The van der Waals surface area contributed by atoms with Crippen molar-refractivity contribution < 1.29 is 0 Å². The minimum absolute atomic E-state index is 0.629. The van der Waals surface area contributed by atoms with Gasteiger partial charge in [-0.05, 0) is 17.7 Å². The average Bonchev–Trinajstić information content (AvgIpc) is 2.14. The second-order valence-corrected chi connectivity index (χ2v) is 5.39. The molecule has 0 aliphatic heterocycles. The maximum Gasteiger partial charge on any atom is 0.130 e. The van der Waals surface area contributed by atoms with E-state index in [4.69, 9.17) is 12.2 Å². The molecule has 1 aromatic heterocycles. The van der Waals surface area contributed by atoms with Gasteiger partial charge in [-0.2, -0.15) is 11.8 Å². The molecule has 0 radical (unpaired) electrons. The molecule has 2 nitrogen and oxygen atoms in total. The molecule has 0 spiro atoms. The molecule has 0 aliphatic carbocycles. The van der Waals surface area contributed by atoms with E-state index in [2.05, 4.69) is 30.7 Å². The van der Waals surface area contributed by atoms with Gasteiger partial charge in [0.15, 0.2) is 0 Å². The molecule has 1 rings (SSSR count). The first-order valence-electron chi connectivity index (χ1n) is 4.82. The number of rotatable bonds is 4. The molecule has 78 valence electrons. The fraction of sp³-hybridized carbons (Fsp3) is 0.600. The number of hydrogen-bond donors (Lipinski definition) is 1. The molecule has 14 heavy (non-hydrogen) atoms. The zero-order valence-corrected chi connectivity index (χ0v) is 10.5. The predicted octanol–water partition coefficient (Wildman–Crippen LogP) is 3.34. The molecule has 0 saturated heterocycles. The summed E-state index contributed by atoms with van der Waals surface area (Å²) in [6, 6.07) is 1.93. The summed E-state index contributed by atoms with van der Waals surface area (Å²) in [5.41, 5.74) is 1.17. The molecular formula is C10H16N2S2. The summed E-state index contributed by atoms with van der Waals surface area (Å²) >= 11 is 6.97. The van der Waals surface area contributed by atoms with E-state index in [0.29, 0.717) is 9.89 Å². The molecule has 0 amide bonds. The highest BCUT2D eigenvalue weighted by Gasteiger charge is 2.00. The quantitative estimate of drug-likeness (QED) is 0.801. The van der Waals surface area contributed by atoms with Crippen molar-refractivity contribution >= 4 is 24.0 Å². The van der Waals surface area contributed by atoms with Gasteiger partial charge in [0.1, 0.15) is 10.5 Å². The lowest BCUT2D eigenvalue weighted by molar-refractivity contribution is 0.930. The molecule has 0 bridgehead atoms. The van der Waals surface area contributed by atoms with Crippen molar-refractivity contribution in [1.82, 2.24) is 9.97 Å². The molecule has 4 heteroatoms. The molecule has 1 N–H and O–H groups in total. The lowest BCUT2D eigenvalue weighted by Crippen LogP contribution is -1.99. The third-order valence-electron chi connectivity index (χ3n) is 1.78. The van der Waals surface area contributed by atoms with E-state index >= 15 is 0 Å². The Kier molecular flexibility index (Phi) is 4.62. The number of H-pyrrole nitrogens is 1. The lowest BCUT2D eigenvalue weighted by atomic mass is 10.3. The number of thioether (sulfide) groups is 1. The van der Waals surface area contributed by atoms with Gasteiger partial charge in [-0.25, -0.2) is 4.98 Å². The van der Waals surface area contributed by atoms with E-state index in [1.807, 2.05) is 17.8 Å². The fourth-order valence-electron chi connectivity index (χ4n) is 1.07. The van der Waals surface area contributed by atoms with Crippen LogP contribution in [0.25, 0.3) is 0 Å². The van der Waals surface area contributed by atoms with Crippen LogP contribution in [0.5, 0.6) is 0 Å². The van der Waals surface area contributed by atoms with Crippen molar-refractivity contribution in [3.05, 3.63) is 22.2 Å². The highest BCUT2D eigenvalue weighted by Crippen LogP contribution is 2.14. The minimum atomic E-state index is 0.629. The van der Waals surface area contributed by atoms with Gasteiger partial charge in [0.25, 0.3) is 0 Å². The minimum Gasteiger partial charge on any atom is -0.346 e. The second kappa shape index (κ2) is 5.51. The Morgan fingerprint density at radius 2 is 2.29 bits per heavy atom. The van der Waals surface area contributed by atoms with Gasteiger partial charge < -0.3 is 4.98 Å². The van der Waals surface area contributed by atoms with Crippen LogP contribution in [0.3, 0.4) is 0 Å². The highest BCUT2D eigenvalue weighted by molar-refractivity contribution is 7.99. The smallest absolute Gasteiger partial charge is 0.130 e. The largest absolute Gasteiger partial charge is 0.346 e. The van der Waals surface area contributed by atoms with Gasteiger partial charge in [0.05, 0.1) is 5.75 Å². The lowest BCUT2D eigenvalue weighted by Gasteiger charge is -2.06. The van der Waals surface area contributed by atoms with Crippen LogP contribution in [-0.4, -0.2) is 15.2 Å². The standard InChI is InChI=1S/C10H16N2S2/c1-4-8-5-10(13)12-9(11-8)6-14-7(2)3/h5,7H,4,6H2,1-3H3,(H,11,12,13). The molecule has 0 unspecified atom stereocenters. The number of hydrogen-bond acceptors (Lipinski definition) is 3. The van der Waals surface area contributed by atoms with Gasteiger partial charge in [-0.15, -0.1) is 0 Å². The van der Waals surface area contributed by atoms with Crippen LogP contribution in [0, 0.1) is 4.64 Å². The predicted molar refractivity (Wildman–Crippen MR) is 65.2 cm³/mol. The van der Waals surface area contributed by atoms with E-state index in [-0.39, 0.29) is 0 Å². The SMILES string of the molecule is CCc1cc(=S)nc(CSC(C)C)[nH]1. The molecule has 1 aromatic rings. The molecule has 0 aromatic carbocycles. The van der Waals surface area contributed by atoms with E-state index in [1.165, 1.54) is 5.69 Å². The van der Waals surface area contributed by atoms with Gasteiger partial charge in [0, 0.05) is 5.69 Å². The Hall–Kier alpha value is -0.350. The number of aromatic nitrogens is 2. The number of nitrogens with one attached hydrogen (secondary N) is 1. The van der Waals surface area contributed by atoms with Gasteiger partial charge in [0.2, 0.25) is 0 Å². The molecule has 1 heterocycles. The summed E-state index contributed by atoms with van der Waals surface area (Å²) in [4.78, 5) is 7.58. The van der Waals surface area contributed by atoms with Crippen molar-refractivity contribution in [2.24, 2.45) is 0 Å². The monoisotopic (exact) mass is 228 g/mol. The Labute approximate surface area is 94.5 Å². The maximum atomic E-state index is 5.09. The molecule has 0 aliphatic rings. The Morgan fingerprint density at radius 1 is 1.57 bits per heavy atom. The average molecular weight is 228 g/mol. The first kappa shape index (κ1) is 11.7. The van der Waals surface area contributed by atoms with E-state index in [9.17, 15) is 0 Å². The van der Waals surface area contributed by atoms with E-state index in [0.717, 1.165) is 18.0 Å². The Balaban J connectivity index is 2.76. The first-order chi connectivity index (χ1) is 6.61. The highest BCUT2D eigenvalue weighted by atomic mass is 32.2. The fourth-order valence-corrected chi connectivity index (χ4v) is 1.95. The van der Waals surface area contributed by atoms with E-state index < -0.39 is 0 Å². The topological polar surface area (TPSA) is 28.7 Å². The summed E-state index contributed by atoms with van der Waals surface area (Å²) in [6.45, 7) is 6.48. The summed E-state index contributed by atoms with van der Waals surface area (Å²) in [7, 11) is 0. The maximum absolute atomic E-state index is 5.09. The number of aryl methyl sites for hydroxylation is 1. The van der Waals surface area contributed by atoms with Crippen LogP contribution >= 0.6 is 24.0 Å². The van der Waals surface area contributed by atoms with Crippen LogP contribution in [0.4, 0.5) is 0 Å². The van der Waals surface area contributed by atoms with Crippen molar-refractivity contribution in [3.63, 3.8) is 0 Å². The van der Waals surface area contributed by atoms with Crippen LogP contribution in [0.2, 0.25) is 0 Å². The molecule has 0 fully saturated rings. The summed E-state index contributed by atoms with van der Waals surface area (Å²) in [5, 5.41) is 0.629. The van der Waals surface area contributed by atoms with Gasteiger partial charge in [-0.1, -0.05) is 33.0 Å². The third kappa shape index (κ3) is 3.80. The number of aromatic amines is 1. The molecular weight excluding hydrogens is 212 g/mol. The van der Waals surface area contributed by atoms with Crippen LogP contribution in [0.1, 0.15) is 32.3 Å². The first-order valence-corrected chi connectivity index (χ1v) is 6.28. The Morgan fingerprint density at radius 3 is 2.86 bits per heavy atom. The van der Waals surface area contributed by atoms with Crippen molar-refractivity contribution in [2.75, 3.05) is 0 Å². The van der Waals surface area contributed by atoms with E-state index in [1.54, 1.807) is 0 Å². The van der Waals surface area contributed by atoms with Crippen molar-refractivity contribution in [1.29, 1.82) is 0 Å². The van der Waals surface area contributed by atoms with Gasteiger partial charge in [-0.3, -0.25) is 0 Å². The van der Waals surface area contributed by atoms with Crippen molar-refractivity contribution in [3.8, 4) is 0 Å². The third-order valence-corrected chi connectivity index (χ3v) is 3.10.